The predicted octanol–water partition coefficient (Wildman–Crippen LogP) is 6.88. The lowest BCUT2D eigenvalue weighted by Crippen LogP contribution is -2.37. The number of benzene rings is 2. The van der Waals surface area contributed by atoms with E-state index in [9.17, 15) is 22.0 Å². The van der Waals surface area contributed by atoms with Crippen LogP contribution in [0, 0.1) is 17.6 Å². The maximum absolute atomic E-state index is 14.3. The molecule has 1 heterocycles. The van der Waals surface area contributed by atoms with E-state index >= 15 is 0 Å². The molecular weight excluding hydrogens is 423 g/mol. The standard InChI is InChI=1S/C25H27F5N2/c1-17(2)18(3)32(16-22-23(26)7-4-8-24(22)27)15-21-6-5-13-31(21)14-19-9-11-20(12-10-19)25(28,29)30/h4-13,17-18H,14-16H2,1-3H3. The molecule has 0 fully saturated rings. The summed E-state index contributed by atoms with van der Waals surface area (Å²) in [6, 6.07) is 12.8. The maximum atomic E-state index is 14.3. The Balaban J connectivity index is 1.81. The Morgan fingerprint density at radius 2 is 1.47 bits per heavy atom. The molecule has 3 aromatic rings. The number of nitrogens with zero attached hydrogens (tertiary/aromatic N) is 2. The second-order valence-electron chi connectivity index (χ2n) is 8.41. The average Bonchev–Trinajstić information content (AvgIpc) is 3.15. The molecule has 0 bridgehead atoms. The summed E-state index contributed by atoms with van der Waals surface area (Å²) in [7, 11) is 0. The summed E-state index contributed by atoms with van der Waals surface area (Å²) >= 11 is 0. The van der Waals surface area contributed by atoms with Crippen molar-refractivity contribution < 1.29 is 22.0 Å². The highest BCUT2D eigenvalue weighted by Crippen LogP contribution is 2.29. The van der Waals surface area contributed by atoms with E-state index in [0.717, 1.165) is 23.4 Å². The van der Waals surface area contributed by atoms with Gasteiger partial charge in [-0.05, 0) is 54.8 Å². The van der Waals surface area contributed by atoms with E-state index in [1.54, 1.807) is 0 Å². The Hall–Kier alpha value is -2.67. The number of halogens is 5. The third-order valence-corrected chi connectivity index (χ3v) is 5.89. The molecule has 0 aliphatic heterocycles. The van der Waals surface area contributed by atoms with Crippen molar-refractivity contribution in [1.82, 2.24) is 9.47 Å². The Kier molecular flexibility index (Phi) is 7.39. The van der Waals surface area contributed by atoms with Crippen molar-refractivity contribution in [3.63, 3.8) is 0 Å². The smallest absolute Gasteiger partial charge is 0.346 e. The van der Waals surface area contributed by atoms with Gasteiger partial charge >= 0.3 is 6.18 Å². The van der Waals surface area contributed by atoms with Gasteiger partial charge in [0.1, 0.15) is 11.6 Å². The summed E-state index contributed by atoms with van der Waals surface area (Å²) in [5.74, 6) is -0.902. The van der Waals surface area contributed by atoms with Gasteiger partial charge in [-0.3, -0.25) is 4.90 Å². The van der Waals surface area contributed by atoms with Crippen LogP contribution in [0.4, 0.5) is 22.0 Å². The summed E-state index contributed by atoms with van der Waals surface area (Å²) in [6.07, 6.45) is -2.51. The zero-order chi connectivity index (χ0) is 23.5. The van der Waals surface area contributed by atoms with Crippen molar-refractivity contribution in [3.05, 3.63) is 94.8 Å². The van der Waals surface area contributed by atoms with E-state index < -0.39 is 23.4 Å². The van der Waals surface area contributed by atoms with Gasteiger partial charge in [0.15, 0.2) is 0 Å². The van der Waals surface area contributed by atoms with Crippen molar-refractivity contribution >= 4 is 0 Å². The molecule has 7 heteroatoms. The molecule has 172 valence electrons. The molecule has 32 heavy (non-hydrogen) atoms. The van der Waals surface area contributed by atoms with Crippen LogP contribution in [-0.4, -0.2) is 15.5 Å². The van der Waals surface area contributed by atoms with E-state index in [-0.39, 0.29) is 24.1 Å². The summed E-state index contributed by atoms with van der Waals surface area (Å²) < 4.78 is 69.0. The molecule has 0 spiro atoms. The minimum absolute atomic E-state index is 0.0286. The molecule has 0 N–H and O–H groups in total. The summed E-state index contributed by atoms with van der Waals surface area (Å²) in [5, 5.41) is 0. The van der Waals surface area contributed by atoms with Crippen LogP contribution in [-0.2, 0) is 25.8 Å². The van der Waals surface area contributed by atoms with Crippen molar-refractivity contribution in [1.29, 1.82) is 0 Å². The SMILES string of the molecule is CC(C)C(C)N(Cc1c(F)cccc1F)Cc1cccn1Cc1ccc(C(F)(F)F)cc1. The molecule has 1 atom stereocenters. The molecule has 0 radical (unpaired) electrons. The van der Waals surface area contributed by atoms with Gasteiger partial charge in [0, 0.05) is 43.1 Å². The number of aromatic nitrogens is 1. The molecule has 2 aromatic carbocycles. The number of rotatable bonds is 8. The van der Waals surface area contributed by atoms with Crippen LogP contribution in [0.1, 0.15) is 43.2 Å². The molecular formula is C25H27F5N2. The molecule has 0 saturated heterocycles. The average molecular weight is 450 g/mol. The normalized spacial score (nSPS) is 13.2. The first-order chi connectivity index (χ1) is 15.1. The van der Waals surface area contributed by atoms with Gasteiger partial charge in [-0.25, -0.2) is 8.78 Å². The fraction of sp³-hybridized carbons (Fsp3) is 0.360. The Morgan fingerprint density at radius 3 is 2.03 bits per heavy atom. The van der Waals surface area contributed by atoms with Crippen molar-refractivity contribution in [2.24, 2.45) is 5.92 Å². The predicted molar refractivity (Wildman–Crippen MR) is 115 cm³/mol. The minimum Gasteiger partial charge on any atom is -0.346 e. The number of hydrogen-bond acceptors (Lipinski definition) is 1. The third-order valence-electron chi connectivity index (χ3n) is 5.89. The van der Waals surface area contributed by atoms with Crippen molar-refractivity contribution in [2.45, 2.75) is 52.6 Å². The van der Waals surface area contributed by atoms with Gasteiger partial charge in [-0.15, -0.1) is 0 Å². The summed E-state index contributed by atoms with van der Waals surface area (Å²) in [4.78, 5) is 2.02. The lowest BCUT2D eigenvalue weighted by molar-refractivity contribution is -0.137. The first-order valence-corrected chi connectivity index (χ1v) is 10.5. The van der Waals surface area contributed by atoms with E-state index in [0.29, 0.717) is 13.1 Å². The molecule has 1 aromatic heterocycles. The first-order valence-electron chi connectivity index (χ1n) is 10.5. The van der Waals surface area contributed by atoms with Gasteiger partial charge in [0.2, 0.25) is 0 Å². The fourth-order valence-electron chi connectivity index (χ4n) is 3.60. The van der Waals surface area contributed by atoms with E-state index in [1.807, 2.05) is 34.7 Å². The van der Waals surface area contributed by atoms with Gasteiger partial charge in [0.25, 0.3) is 0 Å². The highest BCUT2D eigenvalue weighted by Gasteiger charge is 2.30. The molecule has 3 rings (SSSR count). The number of alkyl halides is 3. The quantitative estimate of drug-likeness (QED) is 0.340. The molecule has 2 nitrogen and oxygen atoms in total. The highest BCUT2D eigenvalue weighted by molar-refractivity contribution is 5.26. The van der Waals surface area contributed by atoms with Gasteiger partial charge in [-0.2, -0.15) is 13.2 Å². The fourth-order valence-corrected chi connectivity index (χ4v) is 3.60. The molecule has 0 saturated carbocycles. The van der Waals surface area contributed by atoms with E-state index in [2.05, 4.69) is 13.8 Å². The summed E-state index contributed by atoms with van der Waals surface area (Å²) in [6.45, 7) is 7.09. The van der Waals surface area contributed by atoms with Crippen LogP contribution in [0.5, 0.6) is 0 Å². The van der Waals surface area contributed by atoms with Crippen LogP contribution in [0.3, 0.4) is 0 Å². The molecule has 0 amide bonds. The second-order valence-corrected chi connectivity index (χ2v) is 8.41. The molecule has 0 aliphatic rings. The molecule has 0 aliphatic carbocycles. The van der Waals surface area contributed by atoms with Crippen molar-refractivity contribution in [2.75, 3.05) is 0 Å². The van der Waals surface area contributed by atoms with Gasteiger partial charge in [0.05, 0.1) is 5.56 Å². The Bertz CT molecular complexity index is 1000. The minimum atomic E-state index is -4.37. The first kappa shape index (κ1) is 24.0. The lowest BCUT2D eigenvalue weighted by Gasteiger charge is -2.32. The topological polar surface area (TPSA) is 8.17 Å². The van der Waals surface area contributed by atoms with Crippen molar-refractivity contribution in [3.8, 4) is 0 Å². The number of hydrogen-bond donors (Lipinski definition) is 0. The van der Waals surface area contributed by atoms with Crippen LogP contribution < -0.4 is 0 Å². The van der Waals surface area contributed by atoms with Gasteiger partial charge < -0.3 is 4.57 Å². The zero-order valence-corrected chi connectivity index (χ0v) is 18.3. The third kappa shape index (κ3) is 5.76. The Morgan fingerprint density at radius 1 is 0.844 bits per heavy atom. The van der Waals surface area contributed by atoms with Crippen LogP contribution in [0.2, 0.25) is 0 Å². The molecule has 1 unspecified atom stereocenters. The Labute approximate surface area is 185 Å². The van der Waals surface area contributed by atoms with E-state index in [4.69, 9.17) is 0 Å². The van der Waals surface area contributed by atoms with E-state index in [1.165, 1.54) is 30.3 Å². The lowest BCUT2D eigenvalue weighted by atomic mass is 10.0. The second kappa shape index (κ2) is 9.86. The monoisotopic (exact) mass is 450 g/mol. The zero-order valence-electron chi connectivity index (χ0n) is 18.3. The van der Waals surface area contributed by atoms with Crippen LogP contribution in [0.15, 0.2) is 60.8 Å². The highest BCUT2D eigenvalue weighted by atomic mass is 19.4. The van der Waals surface area contributed by atoms with Crippen LogP contribution >= 0.6 is 0 Å². The summed E-state index contributed by atoms with van der Waals surface area (Å²) in [5.41, 5.74) is 0.992. The van der Waals surface area contributed by atoms with Crippen LogP contribution in [0.25, 0.3) is 0 Å². The largest absolute Gasteiger partial charge is 0.416 e. The maximum Gasteiger partial charge on any atom is 0.416 e. The van der Waals surface area contributed by atoms with Gasteiger partial charge in [-0.1, -0.05) is 32.0 Å².